The maximum absolute atomic E-state index is 11.2. The number of methoxy groups -OCH3 is 1. The number of carbonyl (C=O) groups is 2. The maximum atomic E-state index is 11.2. The molecule has 1 N–H and O–H groups in total. The van der Waals surface area contributed by atoms with Crippen molar-refractivity contribution in [1.82, 2.24) is 0 Å². The summed E-state index contributed by atoms with van der Waals surface area (Å²) in [4.78, 5) is 22.3. The van der Waals surface area contributed by atoms with Gasteiger partial charge in [0.05, 0.1) is 7.11 Å². The van der Waals surface area contributed by atoms with E-state index in [9.17, 15) is 9.59 Å². The summed E-state index contributed by atoms with van der Waals surface area (Å²) in [5, 5.41) is 2.56. The minimum absolute atomic E-state index is 0.151. The first kappa shape index (κ1) is 9.71. The van der Waals surface area contributed by atoms with Gasteiger partial charge in [0.2, 0.25) is 5.78 Å². The van der Waals surface area contributed by atoms with Gasteiger partial charge in [0.15, 0.2) is 0 Å². The summed E-state index contributed by atoms with van der Waals surface area (Å²) in [6, 6.07) is 3.61. The van der Waals surface area contributed by atoms with Crippen LogP contribution in [0.15, 0.2) is 12.1 Å². The van der Waals surface area contributed by atoms with Crippen molar-refractivity contribution in [3.05, 3.63) is 23.3 Å². The molecule has 0 saturated carbocycles. The van der Waals surface area contributed by atoms with Gasteiger partial charge >= 0.3 is 0 Å². The summed E-state index contributed by atoms with van der Waals surface area (Å²) >= 11 is 0. The maximum Gasteiger partial charge on any atom is 0.292 e. The van der Waals surface area contributed by atoms with Gasteiger partial charge in [0, 0.05) is 12.1 Å². The summed E-state index contributed by atoms with van der Waals surface area (Å²) in [5.41, 5.74) is 2.45. The van der Waals surface area contributed by atoms with Gasteiger partial charge in [-0.15, -0.1) is 0 Å². The Balaban J connectivity index is 2.50. The van der Waals surface area contributed by atoms with Crippen LogP contribution in [0.4, 0.5) is 5.69 Å². The Hall–Kier alpha value is -1.84. The average Bonchev–Trinajstić information content (AvgIpc) is 2.20. The van der Waals surface area contributed by atoms with Crippen LogP contribution in [0, 0.1) is 6.92 Å². The third-order valence-electron chi connectivity index (χ3n) is 2.47. The molecule has 1 aromatic rings. The molecule has 0 saturated heterocycles. The molecule has 1 heterocycles. The van der Waals surface area contributed by atoms with Crippen LogP contribution < -0.4 is 10.1 Å². The molecular weight excluding hydrogens is 194 g/mol. The van der Waals surface area contributed by atoms with Crippen LogP contribution in [0.1, 0.15) is 11.1 Å². The summed E-state index contributed by atoms with van der Waals surface area (Å²) in [5.74, 6) is -0.210. The number of amides is 1. The van der Waals surface area contributed by atoms with E-state index in [-0.39, 0.29) is 6.42 Å². The van der Waals surface area contributed by atoms with Crippen molar-refractivity contribution in [2.45, 2.75) is 13.3 Å². The van der Waals surface area contributed by atoms with Crippen LogP contribution in [0.2, 0.25) is 0 Å². The Bertz CT molecular complexity index is 451. The molecule has 15 heavy (non-hydrogen) atoms. The molecule has 1 aliphatic heterocycles. The lowest BCUT2D eigenvalue weighted by Crippen LogP contribution is -2.29. The second-order valence-electron chi connectivity index (χ2n) is 3.53. The number of Topliss-reactive ketones (excluding diaryl/α,β-unsaturated/α-hetero) is 1. The number of ether oxygens (including phenoxy) is 1. The molecule has 1 amide bonds. The fourth-order valence-corrected chi connectivity index (χ4v) is 1.66. The fourth-order valence-electron chi connectivity index (χ4n) is 1.66. The fraction of sp³-hybridized carbons (Fsp3) is 0.273. The summed E-state index contributed by atoms with van der Waals surface area (Å²) in [6.07, 6.45) is 0.151. The van der Waals surface area contributed by atoms with Gasteiger partial charge in [-0.1, -0.05) is 0 Å². The second-order valence-corrected chi connectivity index (χ2v) is 3.53. The van der Waals surface area contributed by atoms with Gasteiger partial charge in [-0.2, -0.15) is 0 Å². The van der Waals surface area contributed by atoms with E-state index in [1.54, 1.807) is 13.2 Å². The van der Waals surface area contributed by atoms with Crippen molar-refractivity contribution >= 4 is 17.4 Å². The summed E-state index contributed by atoms with van der Waals surface area (Å²) in [6.45, 7) is 1.89. The van der Waals surface area contributed by atoms with Gasteiger partial charge < -0.3 is 10.1 Å². The molecule has 0 unspecified atom stereocenters. The minimum atomic E-state index is -0.535. The number of rotatable bonds is 1. The molecule has 1 aromatic carbocycles. The van der Waals surface area contributed by atoms with E-state index in [4.69, 9.17) is 4.74 Å². The average molecular weight is 205 g/mol. The van der Waals surface area contributed by atoms with Crippen LogP contribution in [0.25, 0.3) is 0 Å². The second kappa shape index (κ2) is 3.38. The number of benzene rings is 1. The lowest BCUT2D eigenvalue weighted by Gasteiger charge is -2.17. The highest BCUT2D eigenvalue weighted by molar-refractivity contribution is 6.42. The molecule has 2 rings (SSSR count). The number of anilines is 1. The third kappa shape index (κ3) is 1.58. The smallest absolute Gasteiger partial charge is 0.292 e. The van der Waals surface area contributed by atoms with Gasteiger partial charge in [-0.05, 0) is 30.2 Å². The van der Waals surface area contributed by atoms with Crippen molar-refractivity contribution in [1.29, 1.82) is 0 Å². The zero-order chi connectivity index (χ0) is 11.0. The largest absolute Gasteiger partial charge is 0.496 e. The highest BCUT2D eigenvalue weighted by atomic mass is 16.5. The van der Waals surface area contributed by atoms with Crippen LogP contribution >= 0.6 is 0 Å². The van der Waals surface area contributed by atoms with Crippen molar-refractivity contribution in [3.8, 4) is 5.75 Å². The van der Waals surface area contributed by atoms with E-state index in [0.29, 0.717) is 5.69 Å². The minimum Gasteiger partial charge on any atom is -0.496 e. The Labute approximate surface area is 87.2 Å². The van der Waals surface area contributed by atoms with E-state index >= 15 is 0 Å². The monoisotopic (exact) mass is 205 g/mol. The molecule has 0 bridgehead atoms. The Morgan fingerprint density at radius 1 is 1.33 bits per heavy atom. The third-order valence-corrected chi connectivity index (χ3v) is 2.47. The first-order chi connectivity index (χ1) is 7.11. The van der Waals surface area contributed by atoms with Crippen molar-refractivity contribution < 1.29 is 14.3 Å². The molecule has 0 aromatic heterocycles. The molecule has 0 spiro atoms. The normalized spacial score (nSPS) is 14.5. The standard InChI is InChI=1S/C11H11NO3/c1-6-3-8-7(5-10(6)15-2)4-9(13)11(14)12-8/h3,5H,4H2,1-2H3,(H,12,14). The first-order valence-corrected chi connectivity index (χ1v) is 4.63. The molecule has 78 valence electrons. The quantitative estimate of drug-likeness (QED) is 0.697. The van der Waals surface area contributed by atoms with Gasteiger partial charge in [0.1, 0.15) is 5.75 Å². The number of fused-ring (bicyclic) bond motifs is 1. The number of hydrogen-bond donors (Lipinski definition) is 1. The number of aryl methyl sites for hydroxylation is 1. The van der Waals surface area contributed by atoms with E-state index < -0.39 is 11.7 Å². The van der Waals surface area contributed by atoms with Crippen LogP contribution in [-0.4, -0.2) is 18.8 Å². The van der Waals surface area contributed by atoms with Crippen LogP contribution in [0.5, 0.6) is 5.75 Å². The lowest BCUT2D eigenvalue weighted by atomic mass is 9.99. The SMILES string of the molecule is COc1cc2c(cc1C)NC(=O)C(=O)C2. The van der Waals surface area contributed by atoms with E-state index in [1.165, 1.54) is 0 Å². The van der Waals surface area contributed by atoms with Gasteiger partial charge in [-0.25, -0.2) is 0 Å². The lowest BCUT2D eigenvalue weighted by molar-refractivity contribution is -0.134. The summed E-state index contributed by atoms with van der Waals surface area (Å²) < 4.78 is 5.15. The van der Waals surface area contributed by atoms with E-state index in [2.05, 4.69) is 5.32 Å². The molecule has 0 atom stereocenters. The number of carbonyl (C=O) groups excluding carboxylic acids is 2. The van der Waals surface area contributed by atoms with Crippen LogP contribution in [0.3, 0.4) is 0 Å². The molecule has 4 heteroatoms. The predicted molar refractivity (Wildman–Crippen MR) is 55.1 cm³/mol. The van der Waals surface area contributed by atoms with Crippen molar-refractivity contribution in [3.63, 3.8) is 0 Å². The zero-order valence-corrected chi connectivity index (χ0v) is 8.59. The van der Waals surface area contributed by atoms with E-state index in [1.807, 2.05) is 13.0 Å². The number of ketones is 1. The molecule has 1 aliphatic rings. The van der Waals surface area contributed by atoms with Crippen molar-refractivity contribution in [2.75, 3.05) is 12.4 Å². The first-order valence-electron chi connectivity index (χ1n) is 4.63. The Morgan fingerprint density at radius 2 is 2.07 bits per heavy atom. The highest BCUT2D eigenvalue weighted by Crippen LogP contribution is 2.29. The molecule has 0 fully saturated rings. The topological polar surface area (TPSA) is 55.4 Å². The zero-order valence-electron chi connectivity index (χ0n) is 8.59. The molecular formula is C11H11NO3. The Morgan fingerprint density at radius 3 is 2.73 bits per heavy atom. The number of hydrogen-bond acceptors (Lipinski definition) is 3. The van der Waals surface area contributed by atoms with Crippen molar-refractivity contribution in [2.24, 2.45) is 0 Å². The molecule has 0 aliphatic carbocycles. The van der Waals surface area contributed by atoms with E-state index in [0.717, 1.165) is 16.9 Å². The van der Waals surface area contributed by atoms with Gasteiger partial charge in [-0.3, -0.25) is 9.59 Å². The van der Waals surface area contributed by atoms with Crippen LogP contribution in [-0.2, 0) is 16.0 Å². The van der Waals surface area contributed by atoms with Gasteiger partial charge in [0.25, 0.3) is 5.91 Å². The Kier molecular flexibility index (Phi) is 2.19. The summed E-state index contributed by atoms with van der Waals surface area (Å²) in [7, 11) is 1.58. The predicted octanol–water partition coefficient (Wildman–Crippen LogP) is 1.07. The highest BCUT2D eigenvalue weighted by Gasteiger charge is 2.23. The molecule has 0 radical (unpaired) electrons. The number of nitrogens with one attached hydrogen (secondary N) is 1. The molecule has 4 nitrogen and oxygen atoms in total.